The van der Waals surface area contributed by atoms with Crippen LogP contribution in [0.25, 0.3) is 11.1 Å². The normalized spacial score (nSPS) is 18.0. The lowest BCUT2D eigenvalue weighted by Gasteiger charge is -2.29. The lowest BCUT2D eigenvalue weighted by Crippen LogP contribution is -2.13. The van der Waals surface area contributed by atoms with Crippen LogP contribution in [0.4, 0.5) is 22.0 Å². The van der Waals surface area contributed by atoms with Gasteiger partial charge in [-0.15, -0.1) is 0 Å². The van der Waals surface area contributed by atoms with E-state index in [1.165, 1.54) is 50.5 Å². The molecule has 0 atom stereocenters. The summed E-state index contributed by atoms with van der Waals surface area (Å²) in [6.07, 6.45) is 8.70. The Kier molecular flexibility index (Phi) is 8.09. The average molecular weight is 489 g/mol. The molecule has 1 saturated carbocycles. The van der Waals surface area contributed by atoms with Crippen LogP contribution < -0.4 is 4.74 Å². The molecule has 35 heavy (non-hydrogen) atoms. The largest absolute Gasteiger partial charge is 0.483 e. The standard InChI is InChI=1S/C29H29F5O/c1-2-3-4-18-5-7-20(8-6-18)21-9-11-22(12-10-21)23-15-26(32)29(27(33)16-23)35-17-19-13-24(30)28(34)25(31)14-19/h9-16,18,20H,2-8,17H2,1H3. The minimum Gasteiger partial charge on any atom is -0.483 e. The maximum Gasteiger partial charge on any atom is 0.194 e. The van der Waals surface area contributed by atoms with Gasteiger partial charge in [0.2, 0.25) is 0 Å². The lowest BCUT2D eigenvalue weighted by molar-refractivity contribution is 0.272. The number of benzene rings is 3. The molecule has 0 aromatic heterocycles. The monoisotopic (exact) mass is 488 g/mol. The highest BCUT2D eigenvalue weighted by molar-refractivity contribution is 5.65. The molecule has 1 nitrogen and oxygen atoms in total. The lowest BCUT2D eigenvalue weighted by atomic mass is 9.77. The summed E-state index contributed by atoms with van der Waals surface area (Å²) in [6.45, 7) is 1.71. The second-order valence-corrected chi connectivity index (χ2v) is 9.41. The third-order valence-corrected chi connectivity index (χ3v) is 6.95. The van der Waals surface area contributed by atoms with Crippen LogP contribution in [0.2, 0.25) is 0 Å². The summed E-state index contributed by atoms with van der Waals surface area (Å²) in [6, 6.07) is 11.6. The van der Waals surface area contributed by atoms with Crippen LogP contribution in [-0.4, -0.2) is 0 Å². The van der Waals surface area contributed by atoms with Crippen molar-refractivity contribution in [2.45, 2.75) is 64.4 Å². The summed E-state index contributed by atoms with van der Waals surface area (Å²) in [4.78, 5) is 0. The fourth-order valence-electron chi connectivity index (χ4n) is 4.94. The van der Waals surface area contributed by atoms with Gasteiger partial charge in [0, 0.05) is 0 Å². The van der Waals surface area contributed by atoms with E-state index < -0.39 is 41.4 Å². The number of halogens is 5. The van der Waals surface area contributed by atoms with Gasteiger partial charge in [-0.3, -0.25) is 0 Å². The van der Waals surface area contributed by atoms with E-state index in [2.05, 4.69) is 6.92 Å². The molecule has 0 N–H and O–H groups in total. The van der Waals surface area contributed by atoms with E-state index in [1.54, 1.807) is 0 Å². The van der Waals surface area contributed by atoms with Gasteiger partial charge >= 0.3 is 0 Å². The number of rotatable bonds is 8. The van der Waals surface area contributed by atoms with E-state index in [9.17, 15) is 22.0 Å². The SMILES string of the molecule is CCCCC1CCC(c2ccc(-c3cc(F)c(OCc4cc(F)c(F)c(F)c4)c(F)c3)cc2)CC1. The average Bonchev–Trinajstić information content (AvgIpc) is 2.86. The molecule has 1 aliphatic rings. The first-order valence-corrected chi connectivity index (χ1v) is 12.2. The third-order valence-electron chi connectivity index (χ3n) is 6.95. The summed E-state index contributed by atoms with van der Waals surface area (Å²) in [5.41, 5.74) is 2.21. The molecular weight excluding hydrogens is 459 g/mol. The van der Waals surface area contributed by atoms with Gasteiger partial charge in [-0.25, -0.2) is 22.0 Å². The van der Waals surface area contributed by atoms with E-state index in [0.717, 1.165) is 30.2 Å². The van der Waals surface area contributed by atoms with E-state index in [1.807, 2.05) is 24.3 Å². The number of unbranched alkanes of at least 4 members (excludes halogenated alkanes) is 1. The van der Waals surface area contributed by atoms with Gasteiger partial charge in [0.05, 0.1) is 0 Å². The van der Waals surface area contributed by atoms with Crippen molar-refractivity contribution in [1.29, 1.82) is 0 Å². The Balaban J connectivity index is 1.42. The Morgan fingerprint density at radius 1 is 0.743 bits per heavy atom. The topological polar surface area (TPSA) is 9.23 Å². The Morgan fingerprint density at radius 3 is 1.91 bits per heavy atom. The molecule has 4 rings (SSSR count). The summed E-state index contributed by atoms with van der Waals surface area (Å²) in [5, 5.41) is 0. The van der Waals surface area contributed by atoms with E-state index in [-0.39, 0.29) is 5.56 Å². The second kappa shape index (κ2) is 11.2. The summed E-state index contributed by atoms with van der Waals surface area (Å²) in [7, 11) is 0. The van der Waals surface area contributed by atoms with Crippen molar-refractivity contribution in [2.24, 2.45) is 5.92 Å². The van der Waals surface area contributed by atoms with Gasteiger partial charge in [-0.2, -0.15) is 0 Å². The van der Waals surface area contributed by atoms with E-state index in [0.29, 0.717) is 17.0 Å². The Bertz CT molecular complexity index is 1100. The van der Waals surface area contributed by atoms with Crippen molar-refractivity contribution >= 4 is 0 Å². The molecule has 1 fully saturated rings. The van der Waals surface area contributed by atoms with E-state index >= 15 is 0 Å². The minimum absolute atomic E-state index is 0.0840. The molecule has 0 amide bonds. The molecule has 0 bridgehead atoms. The first-order chi connectivity index (χ1) is 16.9. The van der Waals surface area contributed by atoms with Crippen molar-refractivity contribution in [2.75, 3.05) is 0 Å². The molecule has 0 spiro atoms. The first-order valence-electron chi connectivity index (χ1n) is 12.2. The molecule has 186 valence electrons. The smallest absolute Gasteiger partial charge is 0.194 e. The fourth-order valence-corrected chi connectivity index (χ4v) is 4.94. The van der Waals surface area contributed by atoms with Crippen molar-refractivity contribution in [1.82, 2.24) is 0 Å². The Morgan fingerprint density at radius 2 is 1.34 bits per heavy atom. The molecule has 6 heteroatoms. The zero-order valence-electron chi connectivity index (χ0n) is 19.7. The van der Waals surface area contributed by atoms with Crippen LogP contribution >= 0.6 is 0 Å². The number of hydrogen-bond acceptors (Lipinski definition) is 1. The van der Waals surface area contributed by atoms with Crippen LogP contribution in [0.3, 0.4) is 0 Å². The molecule has 3 aromatic carbocycles. The highest BCUT2D eigenvalue weighted by Gasteiger charge is 2.22. The number of ether oxygens (including phenoxy) is 1. The Labute approximate surface area is 202 Å². The van der Waals surface area contributed by atoms with Gasteiger partial charge in [0.1, 0.15) is 6.61 Å². The van der Waals surface area contributed by atoms with Crippen molar-refractivity contribution in [3.05, 3.63) is 88.7 Å². The molecular formula is C29H29F5O. The zero-order chi connectivity index (χ0) is 24.9. The summed E-state index contributed by atoms with van der Waals surface area (Å²) in [5.74, 6) is -5.57. The van der Waals surface area contributed by atoms with Crippen LogP contribution in [-0.2, 0) is 6.61 Å². The van der Waals surface area contributed by atoms with Gasteiger partial charge in [-0.1, -0.05) is 50.5 Å². The number of hydrogen-bond donors (Lipinski definition) is 0. The first kappa shape index (κ1) is 25.2. The molecule has 0 saturated heterocycles. The van der Waals surface area contributed by atoms with Crippen LogP contribution in [0, 0.1) is 35.0 Å². The summed E-state index contributed by atoms with van der Waals surface area (Å²) >= 11 is 0. The van der Waals surface area contributed by atoms with Crippen LogP contribution in [0.1, 0.15) is 68.9 Å². The maximum atomic E-state index is 14.6. The molecule has 0 radical (unpaired) electrons. The van der Waals surface area contributed by atoms with Crippen molar-refractivity contribution in [3.8, 4) is 16.9 Å². The zero-order valence-corrected chi connectivity index (χ0v) is 19.7. The molecule has 0 unspecified atom stereocenters. The molecule has 1 aliphatic carbocycles. The predicted octanol–water partition coefficient (Wildman–Crippen LogP) is 9.09. The van der Waals surface area contributed by atoms with E-state index in [4.69, 9.17) is 4.74 Å². The van der Waals surface area contributed by atoms with Crippen LogP contribution in [0.15, 0.2) is 48.5 Å². The predicted molar refractivity (Wildman–Crippen MR) is 127 cm³/mol. The molecule has 0 heterocycles. The van der Waals surface area contributed by atoms with Crippen molar-refractivity contribution < 1.29 is 26.7 Å². The fraction of sp³-hybridized carbons (Fsp3) is 0.379. The third kappa shape index (κ3) is 6.03. The molecule has 3 aromatic rings. The molecule has 0 aliphatic heterocycles. The summed E-state index contributed by atoms with van der Waals surface area (Å²) < 4.78 is 74.2. The quantitative estimate of drug-likeness (QED) is 0.227. The van der Waals surface area contributed by atoms with Crippen LogP contribution in [0.5, 0.6) is 5.75 Å². The highest BCUT2D eigenvalue weighted by Crippen LogP contribution is 2.38. The maximum absolute atomic E-state index is 14.6. The highest BCUT2D eigenvalue weighted by atomic mass is 19.2. The van der Waals surface area contributed by atoms with Gasteiger partial charge in [0.15, 0.2) is 34.8 Å². The second-order valence-electron chi connectivity index (χ2n) is 9.41. The minimum atomic E-state index is -1.61. The Hall–Kier alpha value is -2.89. The van der Waals surface area contributed by atoms with Gasteiger partial charge in [-0.05, 0) is 84.0 Å². The van der Waals surface area contributed by atoms with Gasteiger partial charge in [0.25, 0.3) is 0 Å². The van der Waals surface area contributed by atoms with Crippen molar-refractivity contribution in [3.63, 3.8) is 0 Å². The van der Waals surface area contributed by atoms with Gasteiger partial charge < -0.3 is 4.74 Å².